The van der Waals surface area contributed by atoms with Crippen LogP contribution in [0.3, 0.4) is 0 Å². The number of hydrogen-bond donors (Lipinski definition) is 0. The molecule has 0 radical (unpaired) electrons. The van der Waals surface area contributed by atoms with Crippen LogP contribution in [0.15, 0.2) is 0 Å². The van der Waals surface area contributed by atoms with E-state index in [-0.39, 0.29) is 0 Å². The van der Waals surface area contributed by atoms with E-state index in [4.69, 9.17) is 4.98 Å². The lowest BCUT2D eigenvalue weighted by Gasteiger charge is -2.23. The van der Waals surface area contributed by atoms with Crippen LogP contribution in [0.4, 0.5) is 0 Å². The molecule has 3 heterocycles. The maximum Gasteiger partial charge on any atom is 0.0666 e. The minimum atomic E-state index is 0.639. The number of rotatable bonds is 1. The van der Waals surface area contributed by atoms with Gasteiger partial charge in [0.2, 0.25) is 0 Å². The van der Waals surface area contributed by atoms with Gasteiger partial charge in [0.05, 0.1) is 22.8 Å². The van der Waals surface area contributed by atoms with Crippen LogP contribution in [0.5, 0.6) is 0 Å². The molecule has 2 aliphatic heterocycles. The van der Waals surface area contributed by atoms with Gasteiger partial charge in [-0.25, -0.2) is 0 Å². The summed E-state index contributed by atoms with van der Waals surface area (Å²) in [4.78, 5) is 12.0. The minimum absolute atomic E-state index is 0.639. The number of piperidine rings is 1. The van der Waals surface area contributed by atoms with E-state index in [9.17, 15) is 0 Å². The van der Waals surface area contributed by atoms with Crippen molar-refractivity contribution in [2.24, 2.45) is 5.92 Å². The average molecular weight is 217 g/mol. The van der Waals surface area contributed by atoms with Crippen molar-refractivity contribution in [1.82, 2.24) is 14.9 Å². The highest BCUT2D eigenvalue weighted by molar-refractivity contribution is 5.24. The van der Waals surface area contributed by atoms with Crippen LogP contribution >= 0.6 is 0 Å². The number of fused-ring (bicyclic) bond motifs is 2. The predicted octanol–water partition coefficient (Wildman–Crippen LogP) is 1.82. The van der Waals surface area contributed by atoms with E-state index in [1.807, 2.05) is 6.92 Å². The fourth-order valence-electron chi connectivity index (χ4n) is 3.18. The van der Waals surface area contributed by atoms with Gasteiger partial charge in [-0.2, -0.15) is 0 Å². The maximum absolute atomic E-state index is 4.78. The van der Waals surface area contributed by atoms with Gasteiger partial charge in [0.15, 0.2) is 0 Å². The largest absolute Gasteiger partial charge is 0.302 e. The Kier molecular flexibility index (Phi) is 2.25. The molecule has 2 aliphatic rings. The SMILES string of the molecule is Cc1nc(C)c([C@H]2CN3CC[C@@H]2C3)nc1C. The van der Waals surface area contributed by atoms with Gasteiger partial charge in [-0.3, -0.25) is 9.97 Å². The molecule has 3 rings (SSSR count). The second-order valence-electron chi connectivity index (χ2n) is 5.28. The summed E-state index contributed by atoms with van der Waals surface area (Å²) in [6.45, 7) is 9.98. The number of aryl methyl sites for hydroxylation is 3. The van der Waals surface area contributed by atoms with Crippen LogP contribution in [-0.2, 0) is 0 Å². The van der Waals surface area contributed by atoms with Gasteiger partial charge in [-0.15, -0.1) is 0 Å². The first-order chi connectivity index (χ1) is 7.65. The molecule has 1 aromatic rings. The zero-order chi connectivity index (χ0) is 11.3. The van der Waals surface area contributed by atoms with Crippen molar-refractivity contribution in [3.8, 4) is 0 Å². The van der Waals surface area contributed by atoms with E-state index in [1.165, 1.54) is 31.7 Å². The molecular weight excluding hydrogens is 198 g/mol. The monoisotopic (exact) mass is 217 g/mol. The molecular formula is C13H19N3. The number of hydrogen-bond acceptors (Lipinski definition) is 3. The van der Waals surface area contributed by atoms with E-state index in [1.54, 1.807) is 0 Å². The van der Waals surface area contributed by atoms with Crippen LogP contribution in [0.2, 0.25) is 0 Å². The molecule has 1 aromatic heterocycles. The Bertz CT molecular complexity index is 427. The highest BCUT2D eigenvalue weighted by Crippen LogP contribution is 2.39. The molecule has 0 aromatic carbocycles. The Morgan fingerprint density at radius 2 is 1.75 bits per heavy atom. The van der Waals surface area contributed by atoms with Gasteiger partial charge >= 0.3 is 0 Å². The Morgan fingerprint density at radius 3 is 2.38 bits per heavy atom. The molecule has 0 saturated carbocycles. The lowest BCUT2D eigenvalue weighted by Crippen LogP contribution is -2.24. The van der Waals surface area contributed by atoms with Crippen LogP contribution in [0, 0.1) is 26.7 Å². The van der Waals surface area contributed by atoms with Crippen LogP contribution < -0.4 is 0 Å². The van der Waals surface area contributed by atoms with Crippen molar-refractivity contribution in [3.05, 3.63) is 22.8 Å². The molecule has 0 aliphatic carbocycles. The third kappa shape index (κ3) is 1.46. The zero-order valence-corrected chi connectivity index (χ0v) is 10.3. The van der Waals surface area contributed by atoms with Crippen molar-refractivity contribution in [1.29, 1.82) is 0 Å². The molecule has 2 fully saturated rings. The van der Waals surface area contributed by atoms with Gasteiger partial charge in [-0.1, -0.05) is 0 Å². The molecule has 0 N–H and O–H groups in total. The van der Waals surface area contributed by atoms with Gasteiger partial charge in [-0.05, 0) is 39.7 Å². The summed E-state index contributed by atoms with van der Waals surface area (Å²) in [7, 11) is 0. The summed E-state index contributed by atoms with van der Waals surface area (Å²) in [5.74, 6) is 1.47. The fourth-order valence-corrected chi connectivity index (χ4v) is 3.18. The van der Waals surface area contributed by atoms with Crippen molar-refractivity contribution in [2.75, 3.05) is 19.6 Å². The number of aromatic nitrogens is 2. The summed E-state index contributed by atoms with van der Waals surface area (Å²) in [6.07, 6.45) is 1.35. The summed E-state index contributed by atoms with van der Waals surface area (Å²) in [5, 5.41) is 0. The number of nitrogens with zero attached hydrogens (tertiary/aromatic N) is 3. The first-order valence-electron chi connectivity index (χ1n) is 6.19. The molecule has 1 unspecified atom stereocenters. The summed E-state index contributed by atoms with van der Waals surface area (Å²) < 4.78 is 0. The van der Waals surface area contributed by atoms with E-state index in [0.717, 1.165) is 23.0 Å². The van der Waals surface area contributed by atoms with Gasteiger partial charge in [0.25, 0.3) is 0 Å². The molecule has 3 atom stereocenters. The van der Waals surface area contributed by atoms with Gasteiger partial charge in [0, 0.05) is 19.0 Å². The Labute approximate surface area is 96.9 Å². The average Bonchev–Trinajstić information content (AvgIpc) is 2.84. The molecule has 3 heteroatoms. The second-order valence-corrected chi connectivity index (χ2v) is 5.28. The maximum atomic E-state index is 4.78. The van der Waals surface area contributed by atoms with Gasteiger partial charge in [0.1, 0.15) is 0 Å². The highest BCUT2D eigenvalue weighted by atomic mass is 15.2. The first-order valence-corrected chi connectivity index (χ1v) is 6.19. The second kappa shape index (κ2) is 3.52. The third-order valence-corrected chi connectivity index (χ3v) is 4.20. The van der Waals surface area contributed by atoms with Crippen molar-refractivity contribution in [3.63, 3.8) is 0 Å². The lowest BCUT2D eigenvalue weighted by molar-refractivity contribution is 0.342. The fraction of sp³-hybridized carbons (Fsp3) is 0.692. The van der Waals surface area contributed by atoms with E-state index < -0.39 is 0 Å². The molecule has 2 saturated heterocycles. The minimum Gasteiger partial charge on any atom is -0.302 e. The molecule has 86 valence electrons. The molecule has 0 spiro atoms. The molecule has 0 amide bonds. The van der Waals surface area contributed by atoms with Crippen LogP contribution in [0.25, 0.3) is 0 Å². The topological polar surface area (TPSA) is 29.0 Å². The Hall–Kier alpha value is -0.960. The lowest BCUT2D eigenvalue weighted by atomic mass is 9.88. The Morgan fingerprint density at radius 1 is 1.00 bits per heavy atom. The Balaban J connectivity index is 1.98. The molecule has 3 nitrogen and oxygen atoms in total. The summed E-state index contributed by atoms with van der Waals surface area (Å²) in [5.41, 5.74) is 4.57. The van der Waals surface area contributed by atoms with Gasteiger partial charge < -0.3 is 4.90 Å². The predicted molar refractivity (Wildman–Crippen MR) is 63.5 cm³/mol. The van der Waals surface area contributed by atoms with Crippen molar-refractivity contribution < 1.29 is 0 Å². The summed E-state index contributed by atoms with van der Waals surface area (Å²) in [6, 6.07) is 0. The van der Waals surface area contributed by atoms with E-state index in [0.29, 0.717) is 5.92 Å². The standard InChI is InChI=1S/C13H19N3/c1-8-9(2)15-13(10(3)14-8)12-7-16-5-4-11(12)6-16/h11-12H,4-7H2,1-3H3/t11-,12+/m1/s1. The first kappa shape index (κ1) is 10.2. The zero-order valence-electron chi connectivity index (χ0n) is 10.3. The molecule has 2 bridgehead atoms. The van der Waals surface area contributed by atoms with Crippen molar-refractivity contribution >= 4 is 0 Å². The van der Waals surface area contributed by atoms with E-state index in [2.05, 4.69) is 23.7 Å². The smallest absolute Gasteiger partial charge is 0.0666 e. The molecule has 16 heavy (non-hydrogen) atoms. The third-order valence-electron chi connectivity index (χ3n) is 4.20. The van der Waals surface area contributed by atoms with Crippen LogP contribution in [-0.4, -0.2) is 34.5 Å². The quantitative estimate of drug-likeness (QED) is 0.718. The summed E-state index contributed by atoms with van der Waals surface area (Å²) >= 11 is 0. The van der Waals surface area contributed by atoms with E-state index >= 15 is 0 Å². The van der Waals surface area contributed by atoms with Crippen molar-refractivity contribution in [2.45, 2.75) is 33.1 Å². The normalized spacial score (nSPS) is 32.3. The van der Waals surface area contributed by atoms with Crippen LogP contribution in [0.1, 0.15) is 35.1 Å². The highest BCUT2D eigenvalue weighted by Gasteiger charge is 2.40.